The van der Waals surface area contributed by atoms with Gasteiger partial charge in [0, 0.05) is 11.3 Å². The summed E-state index contributed by atoms with van der Waals surface area (Å²) < 4.78 is 12.3. The molecule has 5 rings (SSSR count). The van der Waals surface area contributed by atoms with E-state index < -0.39 is 5.91 Å². The van der Waals surface area contributed by atoms with E-state index in [0.29, 0.717) is 44.9 Å². The van der Waals surface area contributed by atoms with Gasteiger partial charge in [-0.25, -0.2) is 9.97 Å². The molecule has 2 aromatic heterocycles. The van der Waals surface area contributed by atoms with E-state index in [9.17, 15) is 4.79 Å². The number of anilines is 2. The summed E-state index contributed by atoms with van der Waals surface area (Å²) in [6, 6.07) is 20.4. The van der Waals surface area contributed by atoms with Gasteiger partial charge in [0.05, 0.1) is 31.5 Å². The molecule has 0 spiro atoms. The maximum atomic E-state index is 13.4. The zero-order chi connectivity index (χ0) is 25.2. The van der Waals surface area contributed by atoms with Crippen LogP contribution in [0.3, 0.4) is 0 Å². The minimum Gasteiger partial charge on any atom is -0.493 e. The van der Waals surface area contributed by atoms with Crippen molar-refractivity contribution in [1.29, 1.82) is 0 Å². The van der Waals surface area contributed by atoms with Gasteiger partial charge in [-0.2, -0.15) is 9.78 Å². The third-order valence-electron chi connectivity index (χ3n) is 5.76. The van der Waals surface area contributed by atoms with Gasteiger partial charge in [0.15, 0.2) is 17.1 Å². The molecule has 3 N–H and O–H groups in total. The second-order valence-electron chi connectivity index (χ2n) is 8.10. The maximum Gasteiger partial charge on any atom is 0.261 e. The Labute approximate surface area is 207 Å². The molecule has 9 nitrogen and oxygen atoms in total. The van der Waals surface area contributed by atoms with E-state index in [4.69, 9.17) is 25.2 Å². The predicted octanol–water partition coefficient (Wildman–Crippen LogP) is 4.63. The first-order valence-electron chi connectivity index (χ1n) is 11.2. The SMILES string of the molecule is COc1cccc(C=Nn2c(N)c(C(=O)Nc3ccc(C)cc3)c3nc4ccccc4nc32)c1OC. The molecule has 0 atom stereocenters. The Morgan fingerprint density at radius 1 is 0.972 bits per heavy atom. The molecule has 0 unspecified atom stereocenters. The van der Waals surface area contributed by atoms with Crippen LogP contribution in [0.2, 0.25) is 0 Å². The second kappa shape index (κ2) is 9.38. The van der Waals surface area contributed by atoms with Crippen LogP contribution in [0.25, 0.3) is 22.2 Å². The fourth-order valence-electron chi connectivity index (χ4n) is 3.95. The Balaban J connectivity index is 1.66. The van der Waals surface area contributed by atoms with Gasteiger partial charge in [-0.15, -0.1) is 0 Å². The highest BCUT2D eigenvalue weighted by Gasteiger charge is 2.24. The van der Waals surface area contributed by atoms with Gasteiger partial charge in [-0.3, -0.25) is 4.79 Å². The lowest BCUT2D eigenvalue weighted by atomic mass is 10.2. The van der Waals surface area contributed by atoms with E-state index in [-0.39, 0.29) is 11.4 Å². The van der Waals surface area contributed by atoms with Crippen LogP contribution in [0.1, 0.15) is 21.5 Å². The van der Waals surface area contributed by atoms with E-state index in [2.05, 4.69) is 10.4 Å². The molecule has 0 fully saturated rings. The molecule has 0 aliphatic heterocycles. The average molecular weight is 481 g/mol. The van der Waals surface area contributed by atoms with Crippen LogP contribution in [0.4, 0.5) is 11.5 Å². The lowest BCUT2D eigenvalue weighted by molar-refractivity contribution is 0.102. The van der Waals surface area contributed by atoms with Crippen LogP contribution in [-0.4, -0.2) is 41.0 Å². The number of carbonyl (C=O) groups excluding carboxylic acids is 1. The molecule has 0 bridgehead atoms. The van der Waals surface area contributed by atoms with Crippen molar-refractivity contribution in [1.82, 2.24) is 14.6 Å². The van der Waals surface area contributed by atoms with Crippen molar-refractivity contribution >= 4 is 45.8 Å². The molecular formula is C27H24N6O3. The maximum absolute atomic E-state index is 13.4. The number of fused-ring (bicyclic) bond motifs is 2. The highest BCUT2D eigenvalue weighted by molar-refractivity contribution is 6.16. The van der Waals surface area contributed by atoms with Crippen LogP contribution in [0.5, 0.6) is 11.5 Å². The number of nitrogens with one attached hydrogen (secondary N) is 1. The number of aromatic nitrogens is 3. The highest BCUT2D eigenvalue weighted by Crippen LogP contribution is 2.31. The Kier molecular flexibility index (Phi) is 5.95. The van der Waals surface area contributed by atoms with Gasteiger partial charge in [0.2, 0.25) is 0 Å². The van der Waals surface area contributed by atoms with Crippen molar-refractivity contribution in [2.45, 2.75) is 6.92 Å². The van der Waals surface area contributed by atoms with Gasteiger partial charge >= 0.3 is 0 Å². The van der Waals surface area contributed by atoms with Gasteiger partial charge < -0.3 is 20.5 Å². The Morgan fingerprint density at radius 2 is 1.69 bits per heavy atom. The minimum atomic E-state index is -0.404. The Morgan fingerprint density at radius 3 is 2.39 bits per heavy atom. The Hall–Kier alpha value is -4.92. The molecule has 2 heterocycles. The molecule has 1 amide bonds. The first kappa shape index (κ1) is 22.9. The van der Waals surface area contributed by atoms with Gasteiger partial charge in [0.25, 0.3) is 5.91 Å². The van der Waals surface area contributed by atoms with Crippen LogP contribution >= 0.6 is 0 Å². The number of carbonyl (C=O) groups is 1. The standard InChI is InChI=1S/C27H24N6O3/c1-16-11-13-18(14-12-16)30-27(34)22-23-26(32-20-9-5-4-8-19(20)31-23)33(25(22)28)29-15-17-7-6-10-21(35-2)24(17)36-3/h4-15H,28H2,1-3H3,(H,30,34). The fraction of sp³-hybridized carbons (Fsp3) is 0.111. The van der Waals surface area contributed by atoms with E-state index >= 15 is 0 Å². The summed E-state index contributed by atoms with van der Waals surface area (Å²) in [6.07, 6.45) is 1.58. The predicted molar refractivity (Wildman–Crippen MR) is 141 cm³/mol. The smallest absolute Gasteiger partial charge is 0.261 e. The van der Waals surface area contributed by atoms with Crippen molar-refractivity contribution < 1.29 is 14.3 Å². The number of rotatable bonds is 6. The normalized spacial score (nSPS) is 11.3. The number of amides is 1. The van der Waals surface area contributed by atoms with Gasteiger partial charge in [-0.1, -0.05) is 35.9 Å². The van der Waals surface area contributed by atoms with Gasteiger partial charge in [-0.05, 0) is 43.3 Å². The molecule has 5 aromatic rings. The van der Waals surface area contributed by atoms with Gasteiger partial charge in [0.1, 0.15) is 16.9 Å². The summed E-state index contributed by atoms with van der Waals surface area (Å²) in [5, 5.41) is 7.46. The summed E-state index contributed by atoms with van der Waals surface area (Å²) in [6.45, 7) is 1.98. The van der Waals surface area contributed by atoms with E-state index in [0.717, 1.165) is 5.56 Å². The van der Waals surface area contributed by atoms with Crippen molar-refractivity contribution in [3.05, 3.63) is 83.4 Å². The molecule has 180 valence electrons. The molecule has 3 aromatic carbocycles. The van der Waals surface area contributed by atoms with E-state index in [1.54, 1.807) is 26.5 Å². The first-order valence-corrected chi connectivity index (χ1v) is 11.2. The van der Waals surface area contributed by atoms with Crippen molar-refractivity contribution in [2.75, 3.05) is 25.3 Å². The number of hydrogen-bond donors (Lipinski definition) is 2. The molecule has 0 saturated carbocycles. The number of hydrogen-bond acceptors (Lipinski definition) is 7. The number of nitrogens with two attached hydrogens (primary N) is 1. The minimum absolute atomic E-state index is 0.114. The number of nitrogen functional groups attached to an aromatic ring is 1. The van der Waals surface area contributed by atoms with Crippen molar-refractivity contribution in [3.63, 3.8) is 0 Å². The number of ether oxygens (including phenoxy) is 2. The number of nitrogens with zero attached hydrogens (tertiary/aromatic N) is 4. The largest absolute Gasteiger partial charge is 0.493 e. The fourth-order valence-corrected chi connectivity index (χ4v) is 3.95. The van der Waals surface area contributed by atoms with Crippen molar-refractivity contribution in [2.24, 2.45) is 5.10 Å². The first-order chi connectivity index (χ1) is 17.5. The summed E-state index contributed by atoms with van der Waals surface area (Å²) in [4.78, 5) is 22.8. The zero-order valence-corrected chi connectivity index (χ0v) is 20.0. The third-order valence-corrected chi connectivity index (χ3v) is 5.76. The summed E-state index contributed by atoms with van der Waals surface area (Å²) >= 11 is 0. The number of methoxy groups -OCH3 is 2. The Bertz CT molecular complexity index is 1620. The molecule has 9 heteroatoms. The number of para-hydroxylation sites is 3. The molecule has 0 saturated heterocycles. The quantitative estimate of drug-likeness (QED) is 0.342. The summed E-state index contributed by atoms with van der Waals surface area (Å²) in [7, 11) is 3.12. The number of benzene rings is 3. The van der Waals surface area contributed by atoms with E-state index in [1.165, 1.54) is 4.68 Å². The molecule has 0 aliphatic rings. The van der Waals surface area contributed by atoms with Crippen LogP contribution in [0, 0.1) is 6.92 Å². The third kappa shape index (κ3) is 4.07. The zero-order valence-electron chi connectivity index (χ0n) is 20.0. The van der Waals surface area contributed by atoms with Crippen LogP contribution in [-0.2, 0) is 0 Å². The molecule has 36 heavy (non-hydrogen) atoms. The lowest BCUT2D eigenvalue weighted by Gasteiger charge is -2.09. The van der Waals surface area contributed by atoms with Crippen LogP contribution < -0.4 is 20.5 Å². The summed E-state index contributed by atoms with van der Waals surface area (Å²) in [5.41, 5.74) is 11.1. The highest BCUT2D eigenvalue weighted by atomic mass is 16.5. The molecule has 0 radical (unpaired) electrons. The topological polar surface area (TPSA) is 117 Å². The molecule has 0 aliphatic carbocycles. The van der Waals surface area contributed by atoms with Crippen molar-refractivity contribution in [3.8, 4) is 11.5 Å². The average Bonchev–Trinajstić information content (AvgIpc) is 3.16. The summed E-state index contributed by atoms with van der Waals surface area (Å²) in [5.74, 6) is 0.797. The lowest BCUT2D eigenvalue weighted by Crippen LogP contribution is -2.14. The van der Waals surface area contributed by atoms with E-state index in [1.807, 2.05) is 67.6 Å². The van der Waals surface area contributed by atoms with Crippen LogP contribution in [0.15, 0.2) is 71.8 Å². The number of aryl methyl sites for hydroxylation is 1. The second-order valence-corrected chi connectivity index (χ2v) is 8.10. The molecular weight excluding hydrogens is 456 g/mol. The monoisotopic (exact) mass is 480 g/mol.